The van der Waals surface area contributed by atoms with Gasteiger partial charge in [-0.2, -0.15) is 0 Å². The molecule has 0 aliphatic rings. The van der Waals surface area contributed by atoms with E-state index in [0.29, 0.717) is 34.0 Å². The van der Waals surface area contributed by atoms with Gasteiger partial charge in [0.15, 0.2) is 0 Å². The molecule has 1 N–H and O–H groups in total. The maximum atomic E-state index is 12.9. The van der Waals surface area contributed by atoms with Crippen LogP contribution in [0.15, 0.2) is 71.6 Å². The molecule has 0 unspecified atom stereocenters. The first-order chi connectivity index (χ1) is 14.8. The lowest BCUT2D eigenvalue weighted by atomic mass is 10.1. The normalized spacial score (nSPS) is 11.0. The maximum Gasteiger partial charge on any atom is 0.264 e. The third kappa shape index (κ3) is 4.64. The number of nitrogens with zero attached hydrogens (tertiary/aromatic N) is 1. The van der Waals surface area contributed by atoms with Crippen LogP contribution in [-0.4, -0.2) is 35.6 Å². The van der Waals surface area contributed by atoms with Crippen LogP contribution in [-0.2, 0) is 10.0 Å². The number of ether oxygens (including phenoxy) is 2. The fraction of sp³-hybridized carbons (Fsp3) is 0.174. The molecule has 3 aromatic rings. The molecule has 0 bridgehead atoms. The van der Waals surface area contributed by atoms with Crippen LogP contribution in [0.1, 0.15) is 15.9 Å². The summed E-state index contributed by atoms with van der Waals surface area (Å²) < 4.78 is 37.5. The minimum Gasteiger partial charge on any atom is -0.497 e. The Hall–Kier alpha value is -3.52. The number of methoxy groups -OCH3 is 2. The molecule has 8 heteroatoms. The molecule has 0 aliphatic heterocycles. The summed E-state index contributed by atoms with van der Waals surface area (Å²) in [6.45, 7) is 1.76. The lowest BCUT2D eigenvalue weighted by Gasteiger charge is -2.22. The monoisotopic (exact) mass is 440 g/mol. The van der Waals surface area contributed by atoms with Gasteiger partial charge in [0.1, 0.15) is 11.5 Å². The molecular formula is C23H24N2O5S. The zero-order valence-corrected chi connectivity index (χ0v) is 18.6. The Morgan fingerprint density at radius 2 is 1.65 bits per heavy atom. The number of rotatable bonds is 7. The maximum absolute atomic E-state index is 12.9. The Kier molecular flexibility index (Phi) is 6.50. The average Bonchev–Trinajstić information content (AvgIpc) is 2.79. The van der Waals surface area contributed by atoms with Gasteiger partial charge in [-0.1, -0.05) is 18.2 Å². The van der Waals surface area contributed by atoms with E-state index < -0.39 is 10.0 Å². The van der Waals surface area contributed by atoms with Crippen LogP contribution < -0.4 is 19.1 Å². The van der Waals surface area contributed by atoms with E-state index in [1.165, 1.54) is 25.6 Å². The molecule has 3 aromatic carbocycles. The molecule has 0 saturated carbocycles. The van der Waals surface area contributed by atoms with E-state index >= 15 is 0 Å². The van der Waals surface area contributed by atoms with Gasteiger partial charge in [0.25, 0.3) is 15.9 Å². The van der Waals surface area contributed by atoms with Crippen molar-refractivity contribution in [3.8, 4) is 11.5 Å². The van der Waals surface area contributed by atoms with E-state index in [-0.39, 0.29) is 10.8 Å². The van der Waals surface area contributed by atoms with Gasteiger partial charge in [-0.15, -0.1) is 0 Å². The van der Waals surface area contributed by atoms with Crippen molar-refractivity contribution in [2.45, 2.75) is 11.8 Å². The number of aryl methyl sites for hydroxylation is 1. The first kappa shape index (κ1) is 22.2. The molecule has 0 aliphatic carbocycles. The molecule has 0 radical (unpaired) electrons. The second-order valence-electron chi connectivity index (χ2n) is 6.81. The molecule has 0 aromatic heterocycles. The molecular weight excluding hydrogens is 416 g/mol. The molecule has 3 rings (SSSR count). The molecule has 0 heterocycles. The summed E-state index contributed by atoms with van der Waals surface area (Å²) in [6, 6.07) is 18.1. The summed E-state index contributed by atoms with van der Waals surface area (Å²) >= 11 is 0. The number of amides is 1. The van der Waals surface area contributed by atoms with E-state index in [2.05, 4.69) is 5.32 Å². The Morgan fingerprint density at radius 1 is 0.935 bits per heavy atom. The van der Waals surface area contributed by atoms with Crippen LogP contribution in [0.2, 0.25) is 0 Å². The van der Waals surface area contributed by atoms with Crippen molar-refractivity contribution in [1.82, 2.24) is 0 Å². The summed E-state index contributed by atoms with van der Waals surface area (Å²) in [7, 11) is 0.832. The van der Waals surface area contributed by atoms with Gasteiger partial charge in [0, 0.05) is 18.7 Å². The molecule has 0 saturated heterocycles. The lowest BCUT2D eigenvalue weighted by molar-refractivity contribution is 0.102. The van der Waals surface area contributed by atoms with Crippen molar-refractivity contribution in [2.24, 2.45) is 0 Å². The minimum absolute atomic E-state index is 0.198. The van der Waals surface area contributed by atoms with Crippen LogP contribution in [0.25, 0.3) is 0 Å². The van der Waals surface area contributed by atoms with Crippen molar-refractivity contribution < 1.29 is 22.7 Å². The van der Waals surface area contributed by atoms with E-state index in [0.717, 1.165) is 0 Å². The van der Waals surface area contributed by atoms with E-state index in [9.17, 15) is 13.2 Å². The van der Waals surface area contributed by atoms with Crippen molar-refractivity contribution in [1.29, 1.82) is 0 Å². The Bertz CT molecular complexity index is 1190. The van der Waals surface area contributed by atoms with Crippen molar-refractivity contribution in [3.05, 3.63) is 77.9 Å². The highest BCUT2D eigenvalue weighted by Crippen LogP contribution is 2.30. The Balaban J connectivity index is 1.86. The fourth-order valence-corrected chi connectivity index (χ4v) is 4.42. The Labute approximate surface area is 182 Å². The second-order valence-corrected chi connectivity index (χ2v) is 8.78. The summed E-state index contributed by atoms with van der Waals surface area (Å²) in [5.41, 5.74) is 1.99. The average molecular weight is 441 g/mol. The zero-order valence-electron chi connectivity index (χ0n) is 17.7. The smallest absolute Gasteiger partial charge is 0.264 e. The summed E-state index contributed by atoms with van der Waals surface area (Å²) in [5, 5.41) is 2.81. The third-order valence-electron chi connectivity index (χ3n) is 4.85. The standard InChI is InChI=1S/C23H24N2O5S/c1-16-14-17(23(26)24-20-15-18(29-3)11-13-22(20)30-4)10-12-21(16)25(2)31(27,28)19-8-6-5-7-9-19/h5-15H,1-4H3,(H,24,26). The molecule has 162 valence electrons. The fourth-order valence-electron chi connectivity index (χ4n) is 3.14. The van der Waals surface area contributed by atoms with Crippen LogP contribution >= 0.6 is 0 Å². The van der Waals surface area contributed by atoms with Gasteiger partial charge in [-0.05, 0) is 55.0 Å². The number of carbonyl (C=O) groups excluding carboxylic acids is 1. The lowest BCUT2D eigenvalue weighted by Crippen LogP contribution is -2.27. The highest BCUT2D eigenvalue weighted by atomic mass is 32.2. The predicted molar refractivity (Wildman–Crippen MR) is 121 cm³/mol. The van der Waals surface area contributed by atoms with Crippen molar-refractivity contribution in [3.63, 3.8) is 0 Å². The molecule has 0 fully saturated rings. The molecule has 0 atom stereocenters. The van der Waals surface area contributed by atoms with Crippen LogP contribution in [0, 0.1) is 6.92 Å². The first-order valence-electron chi connectivity index (χ1n) is 9.46. The SMILES string of the molecule is COc1ccc(OC)c(NC(=O)c2ccc(N(C)S(=O)(=O)c3ccccc3)c(C)c2)c1. The van der Waals surface area contributed by atoms with E-state index in [1.54, 1.807) is 73.7 Å². The number of hydrogen-bond acceptors (Lipinski definition) is 5. The van der Waals surface area contributed by atoms with Gasteiger partial charge in [-0.25, -0.2) is 8.42 Å². The largest absolute Gasteiger partial charge is 0.497 e. The van der Waals surface area contributed by atoms with Gasteiger partial charge in [0.05, 0.1) is 30.5 Å². The van der Waals surface area contributed by atoms with E-state index in [4.69, 9.17) is 9.47 Å². The van der Waals surface area contributed by atoms with Crippen LogP contribution in [0.4, 0.5) is 11.4 Å². The molecule has 1 amide bonds. The number of hydrogen-bond donors (Lipinski definition) is 1. The second kappa shape index (κ2) is 9.09. The third-order valence-corrected chi connectivity index (χ3v) is 6.64. The van der Waals surface area contributed by atoms with Gasteiger partial charge in [0.2, 0.25) is 0 Å². The molecule has 7 nitrogen and oxygen atoms in total. The first-order valence-corrected chi connectivity index (χ1v) is 10.9. The zero-order chi connectivity index (χ0) is 22.6. The minimum atomic E-state index is -3.71. The molecule has 0 spiro atoms. The summed E-state index contributed by atoms with van der Waals surface area (Å²) in [5.74, 6) is 0.723. The number of anilines is 2. The Morgan fingerprint density at radius 3 is 2.26 bits per heavy atom. The van der Waals surface area contributed by atoms with Gasteiger partial charge in [-0.3, -0.25) is 9.10 Å². The number of nitrogens with one attached hydrogen (secondary N) is 1. The van der Waals surface area contributed by atoms with Gasteiger partial charge >= 0.3 is 0 Å². The van der Waals surface area contributed by atoms with Crippen molar-refractivity contribution in [2.75, 3.05) is 30.9 Å². The quantitative estimate of drug-likeness (QED) is 0.598. The van der Waals surface area contributed by atoms with Crippen molar-refractivity contribution >= 4 is 27.3 Å². The number of benzene rings is 3. The summed E-state index contributed by atoms with van der Waals surface area (Å²) in [4.78, 5) is 13.0. The summed E-state index contributed by atoms with van der Waals surface area (Å²) in [6.07, 6.45) is 0. The molecule has 31 heavy (non-hydrogen) atoms. The highest BCUT2D eigenvalue weighted by Gasteiger charge is 2.23. The van der Waals surface area contributed by atoms with Gasteiger partial charge < -0.3 is 14.8 Å². The van der Waals surface area contributed by atoms with Crippen LogP contribution in [0.3, 0.4) is 0 Å². The van der Waals surface area contributed by atoms with Crippen LogP contribution in [0.5, 0.6) is 11.5 Å². The number of carbonyl (C=O) groups is 1. The highest BCUT2D eigenvalue weighted by molar-refractivity contribution is 7.92. The topological polar surface area (TPSA) is 84.9 Å². The number of sulfonamides is 1. The van der Waals surface area contributed by atoms with E-state index in [1.807, 2.05) is 0 Å². The predicted octanol–water partition coefficient (Wildman–Crippen LogP) is 4.09.